The van der Waals surface area contributed by atoms with Gasteiger partial charge in [0, 0.05) is 13.0 Å². The van der Waals surface area contributed by atoms with Gasteiger partial charge in [0.05, 0.1) is 11.4 Å². The van der Waals surface area contributed by atoms with E-state index in [2.05, 4.69) is 10.6 Å². The Labute approximate surface area is 113 Å². The van der Waals surface area contributed by atoms with Gasteiger partial charge in [-0.1, -0.05) is 6.07 Å². The first-order valence-corrected chi connectivity index (χ1v) is 6.37. The quantitative estimate of drug-likeness (QED) is 0.536. The minimum Gasteiger partial charge on any atom is -0.480 e. The van der Waals surface area contributed by atoms with Gasteiger partial charge >= 0.3 is 5.97 Å². The molecule has 19 heavy (non-hydrogen) atoms. The summed E-state index contributed by atoms with van der Waals surface area (Å²) < 4.78 is 0. The van der Waals surface area contributed by atoms with Gasteiger partial charge in [0.15, 0.2) is 0 Å². The van der Waals surface area contributed by atoms with E-state index >= 15 is 0 Å². The average molecular weight is 286 g/mol. The Morgan fingerprint density at radius 1 is 1.37 bits per heavy atom. The molecule has 0 bridgehead atoms. The first-order valence-electron chi connectivity index (χ1n) is 5.49. The van der Waals surface area contributed by atoms with Crippen molar-refractivity contribution in [2.45, 2.75) is 12.5 Å². The Morgan fingerprint density at radius 2 is 2.11 bits per heavy atom. The van der Waals surface area contributed by atoms with Crippen LogP contribution >= 0.6 is 11.3 Å². The fourth-order valence-electron chi connectivity index (χ4n) is 1.29. The van der Waals surface area contributed by atoms with Crippen LogP contribution in [0, 0.1) is 0 Å². The highest BCUT2D eigenvalue weighted by molar-refractivity contribution is 7.12. The number of hydrogen-bond acceptors (Lipinski definition) is 5. The Kier molecular flexibility index (Phi) is 5.97. The molecule has 0 aliphatic carbocycles. The number of hydrogen-bond donors (Lipinski definition) is 4. The number of aliphatic hydroxyl groups is 1. The van der Waals surface area contributed by atoms with E-state index in [1.54, 1.807) is 17.5 Å². The molecular weight excluding hydrogens is 272 g/mol. The lowest BCUT2D eigenvalue weighted by Crippen LogP contribution is -2.45. The molecule has 0 saturated heterocycles. The van der Waals surface area contributed by atoms with Crippen molar-refractivity contribution >= 4 is 29.1 Å². The molecule has 0 aliphatic rings. The van der Waals surface area contributed by atoms with Crippen molar-refractivity contribution in [1.29, 1.82) is 0 Å². The monoisotopic (exact) mass is 286 g/mol. The molecular formula is C11H14N2O5S. The maximum atomic E-state index is 11.5. The molecule has 1 aromatic rings. The third-order valence-corrected chi connectivity index (χ3v) is 3.07. The van der Waals surface area contributed by atoms with E-state index in [0.717, 1.165) is 0 Å². The average Bonchev–Trinajstić information content (AvgIpc) is 2.89. The molecule has 1 unspecified atom stereocenters. The second kappa shape index (κ2) is 7.49. The molecule has 8 heteroatoms. The van der Waals surface area contributed by atoms with E-state index in [4.69, 9.17) is 10.2 Å². The minimum atomic E-state index is -1.23. The summed E-state index contributed by atoms with van der Waals surface area (Å²) in [6, 6.07) is 2.17. The molecule has 0 radical (unpaired) electrons. The van der Waals surface area contributed by atoms with Crippen molar-refractivity contribution in [2.24, 2.45) is 0 Å². The smallest absolute Gasteiger partial charge is 0.326 e. The molecule has 7 nitrogen and oxygen atoms in total. The minimum absolute atomic E-state index is 0.0834. The summed E-state index contributed by atoms with van der Waals surface area (Å²) in [5, 5.41) is 23.7. The molecule has 0 aliphatic heterocycles. The molecule has 0 aromatic carbocycles. The molecule has 1 rings (SSSR count). The predicted octanol–water partition coefficient (Wildman–Crippen LogP) is -0.570. The van der Waals surface area contributed by atoms with E-state index < -0.39 is 17.9 Å². The number of thiophene rings is 1. The summed E-state index contributed by atoms with van der Waals surface area (Å²) in [5.41, 5.74) is 0. The van der Waals surface area contributed by atoms with Gasteiger partial charge in [0.25, 0.3) is 5.91 Å². The standard InChI is InChI=1S/C11H14N2O5S/c14-4-3-7(11(17)18)13-9(15)6-12-10(16)8-2-1-5-19-8/h1-2,5,7,14H,3-4,6H2,(H,12,16)(H,13,15)(H,17,18). The lowest BCUT2D eigenvalue weighted by molar-refractivity contribution is -0.142. The van der Waals surface area contributed by atoms with E-state index in [-0.39, 0.29) is 25.5 Å². The van der Waals surface area contributed by atoms with Crippen molar-refractivity contribution in [1.82, 2.24) is 10.6 Å². The normalized spacial score (nSPS) is 11.6. The Bertz CT molecular complexity index is 446. The fraction of sp³-hybridized carbons (Fsp3) is 0.364. The maximum Gasteiger partial charge on any atom is 0.326 e. The first kappa shape index (κ1) is 15.1. The highest BCUT2D eigenvalue weighted by atomic mass is 32.1. The summed E-state index contributed by atoms with van der Waals surface area (Å²) in [4.78, 5) is 34.2. The Morgan fingerprint density at radius 3 is 2.63 bits per heavy atom. The van der Waals surface area contributed by atoms with Crippen LogP contribution in [0.5, 0.6) is 0 Å². The summed E-state index contributed by atoms with van der Waals surface area (Å²) in [5.74, 6) is -2.24. The van der Waals surface area contributed by atoms with Gasteiger partial charge in [-0.3, -0.25) is 9.59 Å². The topological polar surface area (TPSA) is 116 Å². The molecule has 1 atom stereocenters. The number of aliphatic carboxylic acids is 1. The summed E-state index contributed by atoms with van der Waals surface area (Å²) in [7, 11) is 0. The number of carbonyl (C=O) groups is 3. The van der Waals surface area contributed by atoms with Crippen molar-refractivity contribution in [3.8, 4) is 0 Å². The highest BCUT2D eigenvalue weighted by Crippen LogP contribution is 2.07. The lowest BCUT2D eigenvalue weighted by Gasteiger charge is -2.13. The van der Waals surface area contributed by atoms with Crippen LogP contribution in [0.2, 0.25) is 0 Å². The predicted molar refractivity (Wildman–Crippen MR) is 67.9 cm³/mol. The third kappa shape index (κ3) is 5.06. The van der Waals surface area contributed by atoms with E-state index in [1.807, 2.05) is 0 Å². The summed E-state index contributed by atoms with van der Waals surface area (Å²) in [6.07, 6.45) is -0.0834. The zero-order valence-electron chi connectivity index (χ0n) is 9.96. The second-order valence-electron chi connectivity index (χ2n) is 3.63. The summed E-state index contributed by atoms with van der Waals surface area (Å²) in [6.45, 7) is -0.662. The second-order valence-corrected chi connectivity index (χ2v) is 4.58. The molecule has 1 aromatic heterocycles. The van der Waals surface area contributed by atoms with Crippen LogP contribution in [0.4, 0.5) is 0 Å². The van der Waals surface area contributed by atoms with Crippen molar-refractivity contribution < 1.29 is 24.6 Å². The van der Waals surface area contributed by atoms with Crippen molar-refractivity contribution in [3.63, 3.8) is 0 Å². The largest absolute Gasteiger partial charge is 0.480 e. The zero-order valence-corrected chi connectivity index (χ0v) is 10.8. The molecule has 104 valence electrons. The molecule has 0 spiro atoms. The number of carbonyl (C=O) groups excluding carboxylic acids is 2. The van der Waals surface area contributed by atoms with Crippen LogP contribution < -0.4 is 10.6 Å². The lowest BCUT2D eigenvalue weighted by atomic mass is 10.2. The van der Waals surface area contributed by atoms with E-state index in [9.17, 15) is 14.4 Å². The maximum absolute atomic E-state index is 11.5. The molecule has 1 heterocycles. The zero-order chi connectivity index (χ0) is 14.3. The Balaban J connectivity index is 2.38. The fourth-order valence-corrected chi connectivity index (χ4v) is 1.93. The van der Waals surface area contributed by atoms with Crippen molar-refractivity contribution in [2.75, 3.05) is 13.2 Å². The first-order chi connectivity index (χ1) is 9.04. The molecule has 0 saturated carbocycles. The van der Waals surface area contributed by atoms with E-state index in [0.29, 0.717) is 4.88 Å². The number of amides is 2. The molecule has 4 N–H and O–H groups in total. The number of carboxylic acids is 1. The van der Waals surface area contributed by atoms with Crippen molar-refractivity contribution in [3.05, 3.63) is 22.4 Å². The van der Waals surface area contributed by atoms with E-state index in [1.165, 1.54) is 11.3 Å². The van der Waals surface area contributed by atoms with Gasteiger partial charge in [0.2, 0.25) is 5.91 Å². The Hall–Kier alpha value is -1.93. The SMILES string of the molecule is O=C(CNC(=O)c1cccs1)NC(CCO)C(=O)O. The number of carboxylic acid groups (broad SMARTS) is 1. The van der Waals surface area contributed by atoms with Crippen LogP contribution in [-0.2, 0) is 9.59 Å². The molecule has 0 fully saturated rings. The van der Waals surface area contributed by atoms with Gasteiger partial charge in [0.1, 0.15) is 6.04 Å². The van der Waals surface area contributed by atoms with Crippen LogP contribution in [0.15, 0.2) is 17.5 Å². The van der Waals surface area contributed by atoms with Crippen LogP contribution in [0.3, 0.4) is 0 Å². The van der Waals surface area contributed by atoms with Gasteiger partial charge in [-0.2, -0.15) is 0 Å². The third-order valence-electron chi connectivity index (χ3n) is 2.21. The van der Waals surface area contributed by atoms with Gasteiger partial charge in [-0.05, 0) is 11.4 Å². The van der Waals surface area contributed by atoms with Crippen LogP contribution in [-0.4, -0.2) is 47.2 Å². The van der Waals surface area contributed by atoms with Crippen LogP contribution in [0.1, 0.15) is 16.1 Å². The van der Waals surface area contributed by atoms with Gasteiger partial charge in [-0.25, -0.2) is 4.79 Å². The van der Waals surface area contributed by atoms with Gasteiger partial charge in [-0.15, -0.1) is 11.3 Å². The van der Waals surface area contributed by atoms with Crippen LogP contribution in [0.25, 0.3) is 0 Å². The number of nitrogens with one attached hydrogen (secondary N) is 2. The highest BCUT2D eigenvalue weighted by Gasteiger charge is 2.19. The number of aliphatic hydroxyl groups excluding tert-OH is 1. The summed E-state index contributed by atoms with van der Waals surface area (Å²) >= 11 is 1.24. The molecule has 2 amide bonds. The van der Waals surface area contributed by atoms with Gasteiger partial charge < -0.3 is 20.8 Å². The number of rotatable bonds is 7.